The molecule has 0 aromatic heterocycles. The van der Waals surface area contributed by atoms with Crippen LogP contribution in [-0.4, -0.2) is 41.4 Å². The van der Waals surface area contributed by atoms with Crippen molar-refractivity contribution in [1.82, 2.24) is 9.80 Å². The van der Waals surface area contributed by atoms with E-state index < -0.39 is 0 Å². The highest BCUT2D eigenvalue weighted by atomic mass is 79.9. The van der Waals surface area contributed by atoms with E-state index in [9.17, 15) is 9.18 Å². The van der Waals surface area contributed by atoms with Crippen LogP contribution in [0.25, 0.3) is 0 Å². The van der Waals surface area contributed by atoms with Gasteiger partial charge in [-0.1, -0.05) is 30.3 Å². The Morgan fingerprint density at radius 3 is 2.62 bits per heavy atom. The van der Waals surface area contributed by atoms with Crippen LogP contribution in [-0.2, 0) is 6.54 Å². The molecule has 1 heterocycles. The van der Waals surface area contributed by atoms with Gasteiger partial charge in [-0.15, -0.1) is 0 Å². The molecule has 0 bridgehead atoms. The van der Waals surface area contributed by atoms with Crippen molar-refractivity contribution in [3.05, 3.63) is 69.9 Å². The topological polar surface area (TPSA) is 23.6 Å². The Morgan fingerprint density at radius 1 is 1.21 bits per heavy atom. The second-order valence-corrected chi connectivity index (χ2v) is 7.05. The van der Waals surface area contributed by atoms with Gasteiger partial charge in [0.05, 0.1) is 5.56 Å². The second-order valence-electron chi connectivity index (χ2n) is 6.19. The lowest BCUT2D eigenvalue weighted by Crippen LogP contribution is -2.53. The molecule has 0 N–H and O–H groups in total. The highest BCUT2D eigenvalue weighted by Gasteiger charge is 2.29. The minimum Gasteiger partial charge on any atom is -0.333 e. The second kappa shape index (κ2) is 7.45. The van der Waals surface area contributed by atoms with Gasteiger partial charge in [-0.25, -0.2) is 4.39 Å². The third-order valence-corrected chi connectivity index (χ3v) is 5.04. The summed E-state index contributed by atoms with van der Waals surface area (Å²) in [6, 6.07) is 14.7. The van der Waals surface area contributed by atoms with Crippen LogP contribution >= 0.6 is 15.9 Å². The van der Waals surface area contributed by atoms with Crippen LogP contribution in [0.15, 0.2) is 53.0 Å². The maximum absolute atomic E-state index is 13.2. The number of halogens is 2. The summed E-state index contributed by atoms with van der Waals surface area (Å²) >= 11 is 3.29. The van der Waals surface area contributed by atoms with Gasteiger partial charge in [-0.3, -0.25) is 9.69 Å². The van der Waals surface area contributed by atoms with Gasteiger partial charge in [0.2, 0.25) is 0 Å². The van der Waals surface area contributed by atoms with Crippen molar-refractivity contribution in [3.8, 4) is 0 Å². The van der Waals surface area contributed by atoms with Crippen LogP contribution in [0.2, 0.25) is 0 Å². The van der Waals surface area contributed by atoms with Crippen LogP contribution in [0.5, 0.6) is 0 Å². The van der Waals surface area contributed by atoms with Gasteiger partial charge in [-0.05, 0) is 46.6 Å². The van der Waals surface area contributed by atoms with E-state index in [1.54, 1.807) is 6.07 Å². The Labute approximate surface area is 150 Å². The van der Waals surface area contributed by atoms with Crippen LogP contribution in [0, 0.1) is 5.82 Å². The third kappa shape index (κ3) is 3.84. The van der Waals surface area contributed by atoms with Gasteiger partial charge in [-0.2, -0.15) is 0 Å². The van der Waals surface area contributed by atoms with Crippen molar-refractivity contribution < 1.29 is 9.18 Å². The summed E-state index contributed by atoms with van der Waals surface area (Å²) in [5.41, 5.74) is 1.80. The van der Waals surface area contributed by atoms with Gasteiger partial charge in [0, 0.05) is 36.7 Å². The number of hydrogen-bond donors (Lipinski definition) is 0. The maximum Gasteiger partial charge on any atom is 0.255 e. The van der Waals surface area contributed by atoms with Gasteiger partial charge in [0.25, 0.3) is 5.91 Å². The lowest BCUT2D eigenvalue weighted by Gasteiger charge is -2.40. The van der Waals surface area contributed by atoms with Crippen molar-refractivity contribution in [1.29, 1.82) is 0 Å². The maximum atomic E-state index is 13.2. The first kappa shape index (κ1) is 17.1. The molecule has 1 aliphatic rings. The van der Waals surface area contributed by atoms with E-state index >= 15 is 0 Å². The lowest BCUT2D eigenvalue weighted by atomic mass is 10.1. The molecule has 24 heavy (non-hydrogen) atoms. The van der Waals surface area contributed by atoms with Crippen LogP contribution in [0.4, 0.5) is 4.39 Å². The predicted octanol–water partition coefficient (Wildman–Crippen LogP) is 3.93. The van der Waals surface area contributed by atoms with Gasteiger partial charge < -0.3 is 4.90 Å². The number of piperazine rings is 1. The molecule has 1 saturated heterocycles. The number of amides is 1. The van der Waals surface area contributed by atoms with Gasteiger partial charge >= 0.3 is 0 Å². The zero-order valence-corrected chi connectivity index (χ0v) is 15.2. The Kier molecular flexibility index (Phi) is 5.31. The van der Waals surface area contributed by atoms with E-state index in [0.29, 0.717) is 16.6 Å². The zero-order chi connectivity index (χ0) is 17.1. The first-order chi connectivity index (χ1) is 11.5. The molecule has 2 aromatic carbocycles. The summed E-state index contributed by atoms with van der Waals surface area (Å²) in [6.45, 7) is 5.31. The normalized spacial score (nSPS) is 18.6. The van der Waals surface area contributed by atoms with E-state index in [4.69, 9.17) is 0 Å². The Balaban J connectivity index is 1.66. The minimum atomic E-state index is -0.348. The molecule has 0 spiro atoms. The van der Waals surface area contributed by atoms with Crippen LogP contribution in [0.3, 0.4) is 0 Å². The molecule has 1 aliphatic heterocycles. The highest BCUT2D eigenvalue weighted by molar-refractivity contribution is 9.10. The molecule has 126 valence electrons. The molecule has 1 atom stereocenters. The predicted molar refractivity (Wildman–Crippen MR) is 96.3 cm³/mol. The molecule has 1 fully saturated rings. The number of rotatable bonds is 3. The smallest absolute Gasteiger partial charge is 0.255 e. The quantitative estimate of drug-likeness (QED) is 0.792. The lowest BCUT2D eigenvalue weighted by molar-refractivity contribution is 0.0474. The fourth-order valence-electron chi connectivity index (χ4n) is 3.14. The summed E-state index contributed by atoms with van der Waals surface area (Å²) in [6.07, 6.45) is 0. The molecular weight excluding hydrogens is 371 g/mol. The molecular formula is C19H20BrFN2O. The monoisotopic (exact) mass is 390 g/mol. The van der Waals surface area contributed by atoms with E-state index in [2.05, 4.69) is 39.9 Å². The summed E-state index contributed by atoms with van der Waals surface area (Å²) < 4.78 is 13.7. The number of carbonyl (C=O) groups excluding carboxylic acids is 1. The summed E-state index contributed by atoms with van der Waals surface area (Å²) in [7, 11) is 0. The van der Waals surface area contributed by atoms with E-state index in [-0.39, 0.29) is 17.8 Å². The SMILES string of the molecule is CC1CN(Cc2ccccc2)CCN1C(=O)c1ccc(F)cc1Br. The van der Waals surface area contributed by atoms with Crippen LogP contribution in [0.1, 0.15) is 22.8 Å². The number of nitrogens with zero attached hydrogens (tertiary/aromatic N) is 2. The van der Waals surface area contributed by atoms with Crippen molar-refractivity contribution in [2.75, 3.05) is 19.6 Å². The largest absolute Gasteiger partial charge is 0.333 e. The van der Waals surface area contributed by atoms with Crippen molar-refractivity contribution in [3.63, 3.8) is 0 Å². The molecule has 1 amide bonds. The van der Waals surface area contributed by atoms with E-state index in [0.717, 1.165) is 19.6 Å². The summed E-state index contributed by atoms with van der Waals surface area (Å²) in [4.78, 5) is 17.0. The molecule has 2 aromatic rings. The Hall–Kier alpha value is -1.72. The van der Waals surface area contributed by atoms with E-state index in [1.807, 2.05) is 23.1 Å². The third-order valence-electron chi connectivity index (χ3n) is 4.38. The molecule has 3 nitrogen and oxygen atoms in total. The Morgan fingerprint density at radius 2 is 1.96 bits per heavy atom. The van der Waals surface area contributed by atoms with Crippen molar-refractivity contribution in [2.45, 2.75) is 19.5 Å². The van der Waals surface area contributed by atoms with Gasteiger partial charge in [0.15, 0.2) is 0 Å². The molecule has 0 saturated carbocycles. The first-order valence-electron chi connectivity index (χ1n) is 8.07. The molecule has 1 unspecified atom stereocenters. The van der Waals surface area contributed by atoms with Crippen molar-refractivity contribution >= 4 is 21.8 Å². The summed E-state index contributed by atoms with van der Waals surface area (Å²) in [5, 5.41) is 0. The average molecular weight is 391 g/mol. The zero-order valence-electron chi connectivity index (χ0n) is 13.6. The molecule has 0 aliphatic carbocycles. The minimum absolute atomic E-state index is 0.0475. The molecule has 3 rings (SSSR count). The molecule has 0 radical (unpaired) electrons. The number of benzene rings is 2. The fourth-order valence-corrected chi connectivity index (χ4v) is 3.66. The fraction of sp³-hybridized carbons (Fsp3) is 0.316. The average Bonchev–Trinajstić information content (AvgIpc) is 2.55. The number of carbonyl (C=O) groups is 1. The van der Waals surface area contributed by atoms with E-state index in [1.165, 1.54) is 17.7 Å². The highest BCUT2D eigenvalue weighted by Crippen LogP contribution is 2.22. The van der Waals surface area contributed by atoms with Gasteiger partial charge in [0.1, 0.15) is 5.82 Å². The first-order valence-corrected chi connectivity index (χ1v) is 8.86. The standard InChI is InChI=1S/C19H20BrFN2O/c1-14-12-22(13-15-5-3-2-4-6-15)9-10-23(14)19(24)17-8-7-16(21)11-18(17)20/h2-8,11,14H,9-10,12-13H2,1H3. The Bertz CT molecular complexity index is 723. The van der Waals surface area contributed by atoms with Crippen molar-refractivity contribution in [2.24, 2.45) is 0 Å². The molecule has 5 heteroatoms. The van der Waals surface area contributed by atoms with Crippen LogP contribution < -0.4 is 0 Å². The number of hydrogen-bond acceptors (Lipinski definition) is 2. The summed E-state index contributed by atoms with van der Waals surface area (Å²) in [5.74, 6) is -0.395.